The highest BCUT2D eigenvalue weighted by Crippen LogP contribution is 2.26. The molecule has 0 spiro atoms. The van der Waals surface area contributed by atoms with Gasteiger partial charge in [-0.05, 0) is 57.0 Å². The Labute approximate surface area is 124 Å². The van der Waals surface area contributed by atoms with E-state index in [1.165, 1.54) is 0 Å². The van der Waals surface area contributed by atoms with Crippen LogP contribution in [0.4, 0.5) is 4.39 Å². The smallest absolute Gasteiger partial charge is 0.367 e. The maximum absolute atomic E-state index is 14.0. The molecule has 0 amide bonds. The molecule has 0 unspecified atom stereocenters. The summed E-state index contributed by atoms with van der Waals surface area (Å²) in [6.45, 7) is 7.63. The molecule has 1 aromatic carbocycles. The number of carbonyl (C=O) groups excluding carboxylic acids is 1. The highest BCUT2D eigenvalue weighted by molar-refractivity contribution is 5.96. The lowest BCUT2D eigenvalue weighted by molar-refractivity contribution is -0.140. The van der Waals surface area contributed by atoms with E-state index in [0.29, 0.717) is 17.2 Å². The predicted molar refractivity (Wildman–Crippen MR) is 82.7 cm³/mol. The first-order chi connectivity index (χ1) is 9.95. The molecule has 1 aromatic heterocycles. The molecule has 0 radical (unpaired) electrons. The van der Waals surface area contributed by atoms with Crippen molar-refractivity contribution in [2.45, 2.75) is 33.7 Å². The number of allylic oxidation sites excluding steroid dienone is 1. The SMILES string of the molecule is CCOC(=O)/C(F)=C(/C)c1ccc2c(ccn2C(C)C)c1. The zero-order chi connectivity index (χ0) is 15.6. The Morgan fingerprint density at radius 2 is 2.05 bits per heavy atom. The minimum Gasteiger partial charge on any atom is -0.461 e. The van der Waals surface area contributed by atoms with Gasteiger partial charge in [-0.25, -0.2) is 4.79 Å². The fourth-order valence-electron chi connectivity index (χ4n) is 2.32. The zero-order valence-electron chi connectivity index (χ0n) is 12.8. The molecule has 0 saturated heterocycles. The van der Waals surface area contributed by atoms with E-state index >= 15 is 0 Å². The fraction of sp³-hybridized carbons (Fsp3) is 0.353. The monoisotopic (exact) mass is 289 g/mol. The summed E-state index contributed by atoms with van der Waals surface area (Å²) in [7, 11) is 0. The van der Waals surface area contributed by atoms with Crippen LogP contribution in [-0.2, 0) is 9.53 Å². The maximum Gasteiger partial charge on any atom is 0.367 e. The van der Waals surface area contributed by atoms with Gasteiger partial charge in [0, 0.05) is 23.1 Å². The van der Waals surface area contributed by atoms with Crippen LogP contribution < -0.4 is 0 Å². The van der Waals surface area contributed by atoms with Crippen molar-refractivity contribution in [2.75, 3.05) is 6.61 Å². The molecule has 0 aliphatic heterocycles. The van der Waals surface area contributed by atoms with Gasteiger partial charge in [-0.1, -0.05) is 6.07 Å². The number of esters is 1. The number of carbonyl (C=O) groups is 1. The van der Waals surface area contributed by atoms with Gasteiger partial charge >= 0.3 is 5.97 Å². The second-order valence-corrected chi connectivity index (χ2v) is 5.25. The van der Waals surface area contributed by atoms with E-state index in [2.05, 4.69) is 18.4 Å². The second kappa shape index (κ2) is 6.12. The number of halogens is 1. The number of nitrogens with zero attached hydrogens (tertiary/aromatic N) is 1. The Balaban J connectivity index is 2.44. The standard InChI is InChI=1S/C17H20FNO2/c1-5-21-17(20)16(18)12(4)13-6-7-15-14(10-13)8-9-19(15)11(2)3/h6-11H,5H2,1-4H3/b16-12+. The molecular formula is C17H20FNO2. The molecule has 0 bridgehead atoms. The molecule has 2 rings (SSSR count). The Morgan fingerprint density at radius 3 is 2.67 bits per heavy atom. The fourth-order valence-corrected chi connectivity index (χ4v) is 2.32. The van der Waals surface area contributed by atoms with E-state index in [1.807, 2.05) is 30.5 Å². The van der Waals surface area contributed by atoms with Crippen molar-refractivity contribution in [1.29, 1.82) is 0 Å². The van der Waals surface area contributed by atoms with Crippen molar-refractivity contribution in [1.82, 2.24) is 4.57 Å². The highest BCUT2D eigenvalue weighted by Gasteiger charge is 2.15. The molecule has 3 nitrogen and oxygen atoms in total. The molecule has 1 heterocycles. The average Bonchev–Trinajstić information content (AvgIpc) is 2.89. The summed E-state index contributed by atoms with van der Waals surface area (Å²) < 4.78 is 20.8. The Kier molecular flexibility index (Phi) is 4.46. The predicted octanol–water partition coefficient (Wildman–Crippen LogP) is 4.49. The van der Waals surface area contributed by atoms with Crippen LogP contribution in [-0.4, -0.2) is 17.1 Å². The van der Waals surface area contributed by atoms with E-state index in [0.717, 1.165) is 10.9 Å². The molecule has 2 aromatic rings. The average molecular weight is 289 g/mol. The summed E-state index contributed by atoms with van der Waals surface area (Å²) in [5, 5.41) is 1.03. The summed E-state index contributed by atoms with van der Waals surface area (Å²) in [6.07, 6.45) is 2.01. The quantitative estimate of drug-likeness (QED) is 0.613. The van der Waals surface area contributed by atoms with Crippen molar-refractivity contribution < 1.29 is 13.9 Å². The molecule has 112 valence electrons. The first-order valence-corrected chi connectivity index (χ1v) is 7.10. The normalized spacial score (nSPS) is 12.7. The van der Waals surface area contributed by atoms with Crippen LogP contribution in [0.25, 0.3) is 16.5 Å². The van der Waals surface area contributed by atoms with E-state index in [1.54, 1.807) is 13.8 Å². The van der Waals surface area contributed by atoms with Crippen molar-refractivity contribution in [3.05, 3.63) is 41.9 Å². The van der Waals surface area contributed by atoms with Gasteiger partial charge in [0.05, 0.1) is 6.61 Å². The first kappa shape index (κ1) is 15.3. The van der Waals surface area contributed by atoms with Crippen LogP contribution in [0.1, 0.15) is 39.3 Å². The number of ether oxygens (including phenoxy) is 1. The largest absolute Gasteiger partial charge is 0.461 e. The lowest BCUT2D eigenvalue weighted by atomic mass is 10.0. The van der Waals surface area contributed by atoms with Gasteiger partial charge in [-0.2, -0.15) is 4.39 Å². The molecule has 21 heavy (non-hydrogen) atoms. The minimum atomic E-state index is -0.908. The van der Waals surface area contributed by atoms with Gasteiger partial charge < -0.3 is 9.30 Å². The molecule has 0 fully saturated rings. The van der Waals surface area contributed by atoms with Gasteiger partial charge in [-0.15, -0.1) is 0 Å². The van der Waals surface area contributed by atoms with Gasteiger partial charge in [-0.3, -0.25) is 0 Å². The highest BCUT2D eigenvalue weighted by atomic mass is 19.1. The molecule has 0 saturated carbocycles. The van der Waals surface area contributed by atoms with Crippen LogP contribution in [0.2, 0.25) is 0 Å². The third kappa shape index (κ3) is 2.99. The molecule has 0 atom stereocenters. The number of fused-ring (bicyclic) bond motifs is 1. The van der Waals surface area contributed by atoms with E-state index in [-0.39, 0.29) is 6.61 Å². The van der Waals surface area contributed by atoms with Crippen molar-refractivity contribution in [2.24, 2.45) is 0 Å². The van der Waals surface area contributed by atoms with E-state index in [9.17, 15) is 9.18 Å². The van der Waals surface area contributed by atoms with Crippen molar-refractivity contribution in [3.63, 3.8) is 0 Å². The maximum atomic E-state index is 14.0. The summed E-state index contributed by atoms with van der Waals surface area (Å²) in [4.78, 5) is 11.5. The number of rotatable bonds is 4. The first-order valence-electron chi connectivity index (χ1n) is 7.10. The molecule has 0 aliphatic carbocycles. The summed E-state index contributed by atoms with van der Waals surface area (Å²) in [5.41, 5.74) is 2.08. The lowest BCUT2D eigenvalue weighted by Crippen LogP contribution is -2.05. The van der Waals surface area contributed by atoms with E-state index in [4.69, 9.17) is 4.74 Å². The molecule has 0 aliphatic rings. The Hall–Kier alpha value is -2.10. The minimum absolute atomic E-state index is 0.163. The number of hydrogen-bond acceptors (Lipinski definition) is 2. The molecule has 0 N–H and O–H groups in total. The van der Waals surface area contributed by atoms with Crippen molar-refractivity contribution >= 4 is 22.4 Å². The van der Waals surface area contributed by atoms with Crippen LogP contribution in [0, 0.1) is 0 Å². The van der Waals surface area contributed by atoms with Gasteiger partial charge in [0.2, 0.25) is 5.83 Å². The van der Waals surface area contributed by atoms with Gasteiger partial charge in [0.15, 0.2) is 0 Å². The Morgan fingerprint density at radius 1 is 1.33 bits per heavy atom. The number of hydrogen-bond donors (Lipinski definition) is 0. The third-order valence-electron chi connectivity index (χ3n) is 3.49. The van der Waals surface area contributed by atoms with Crippen LogP contribution in [0.5, 0.6) is 0 Å². The lowest BCUT2D eigenvalue weighted by Gasteiger charge is -2.10. The van der Waals surface area contributed by atoms with Crippen molar-refractivity contribution in [3.8, 4) is 0 Å². The van der Waals surface area contributed by atoms with Crippen LogP contribution in [0.3, 0.4) is 0 Å². The van der Waals surface area contributed by atoms with Crippen LogP contribution in [0.15, 0.2) is 36.3 Å². The number of benzene rings is 1. The van der Waals surface area contributed by atoms with Gasteiger partial charge in [0.1, 0.15) is 0 Å². The summed E-state index contributed by atoms with van der Waals surface area (Å²) >= 11 is 0. The Bertz CT molecular complexity index is 698. The molecular weight excluding hydrogens is 269 g/mol. The topological polar surface area (TPSA) is 31.2 Å². The number of aromatic nitrogens is 1. The van der Waals surface area contributed by atoms with E-state index < -0.39 is 11.8 Å². The summed E-state index contributed by atoms with van der Waals surface area (Å²) in [5.74, 6) is -1.74. The third-order valence-corrected chi connectivity index (χ3v) is 3.49. The van der Waals surface area contributed by atoms with Gasteiger partial charge in [0.25, 0.3) is 0 Å². The van der Waals surface area contributed by atoms with Crippen LogP contribution >= 0.6 is 0 Å². The second-order valence-electron chi connectivity index (χ2n) is 5.25. The molecule has 4 heteroatoms. The zero-order valence-corrected chi connectivity index (χ0v) is 12.8. The summed E-state index contributed by atoms with van der Waals surface area (Å²) in [6, 6.07) is 8.03.